The molecule has 2 aliphatic rings. The van der Waals surface area contributed by atoms with Crippen LogP contribution in [0, 0.1) is 0 Å². The minimum atomic E-state index is -0.341. The Morgan fingerprint density at radius 2 is 1.00 bits per heavy atom. The first-order chi connectivity index (χ1) is 19.1. The molecule has 0 amide bonds. The van der Waals surface area contributed by atoms with Gasteiger partial charge in [0.25, 0.3) is 0 Å². The van der Waals surface area contributed by atoms with Gasteiger partial charge in [0, 0.05) is 17.3 Å². The zero-order chi connectivity index (χ0) is 26.6. The van der Waals surface area contributed by atoms with E-state index in [4.69, 9.17) is 0 Å². The van der Waals surface area contributed by atoms with E-state index in [0.29, 0.717) is 5.92 Å². The molecule has 0 bridgehead atoms. The van der Waals surface area contributed by atoms with Crippen molar-refractivity contribution in [1.29, 1.82) is 0 Å². The molecule has 5 aromatic rings. The van der Waals surface area contributed by atoms with Crippen molar-refractivity contribution in [2.75, 3.05) is 0 Å². The summed E-state index contributed by atoms with van der Waals surface area (Å²) in [6.07, 6.45) is 2.49. The molecular weight excluding hydrogens is 468 g/mol. The number of benzene rings is 5. The molecule has 0 nitrogen and oxygen atoms in total. The van der Waals surface area contributed by atoms with Crippen LogP contribution in [0.5, 0.6) is 0 Å². The molecule has 0 heteroatoms. The summed E-state index contributed by atoms with van der Waals surface area (Å²) in [5.74, 6) is 0.829. The van der Waals surface area contributed by atoms with Crippen LogP contribution < -0.4 is 0 Å². The Balaban J connectivity index is 1.64. The number of allylic oxidation sites excluding steroid dienone is 1. The molecule has 190 valence electrons. The quantitative estimate of drug-likeness (QED) is 0.224. The smallest absolute Gasteiger partial charge is 0.0418 e. The number of fused-ring (bicyclic) bond motifs is 4. The highest BCUT2D eigenvalue weighted by atomic mass is 14.6. The molecule has 0 fully saturated rings. The highest BCUT2D eigenvalue weighted by Crippen LogP contribution is 2.64. The molecule has 39 heavy (non-hydrogen) atoms. The number of hydrogen-bond donors (Lipinski definition) is 0. The van der Waals surface area contributed by atoms with Gasteiger partial charge >= 0.3 is 0 Å². The molecule has 0 heterocycles. The Bertz CT molecular complexity index is 1600. The maximum absolute atomic E-state index is 2.49. The van der Waals surface area contributed by atoms with Gasteiger partial charge in [0.15, 0.2) is 0 Å². The van der Waals surface area contributed by atoms with Crippen molar-refractivity contribution in [1.82, 2.24) is 0 Å². The fraction of sp³-hybridized carbons (Fsp3) is 0.179. The van der Waals surface area contributed by atoms with Crippen LogP contribution in [0.4, 0.5) is 0 Å². The lowest BCUT2D eigenvalue weighted by molar-refractivity contribution is 0.405. The summed E-state index contributed by atoms with van der Waals surface area (Å²) in [5.41, 5.74) is 13.7. The van der Waals surface area contributed by atoms with Crippen LogP contribution in [0.3, 0.4) is 0 Å². The molecule has 0 aliphatic heterocycles. The van der Waals surface area contributed by atoms with Crippen molar-refractivity contribution >= 4 is 6.08 Å². The third kappa shape index (κ3) is 3.44. The molecule has 0 saturated heterocycles. The van der Waals surface area contributed by atoms with E-state index in [9.17, 15) is 0 Å². The van der Waals surface area contributed by atoms with E-state index in [1.165, 1.54) is 55.6 Å². The Morgan fingerprint density at radius 1 is 0.513 bits per heavy atom. The molecule has 0 saturated carbocycles. The zero-order valence-corrected chi connectivity index (χ0v) is 22.9. The first kappa shape index (κ1) is 23.9. The topological polar surface area (TPSA) is 0 Å². The number of rotatable bonds is 5. The van der Waals surface area contributed by atoms with Crippen LogP contribution in [0.1, 0.15) is 77.5 Å². The van der Waals surface area contributed by atoms with Crippen molar-refractivity contribution in [3.05, 3.63) is 172 Å². The van der Waals surface area contributed by atoms with Crippen LogP contribution in [0.2, 0.25) is 0 Å². The standard InChI is InChI=1S/C39H34/c1-26(2)30-23-14-24-35-36(30)25-27(3)37(35)39(28-15-6-4-7-16-28,29-17-8-5-9-18-29)38-33-21-12-10-19-31(33)32-20-11-13-22-34(32)38/h4-26,37-38H,1-3H3. The van der Waals surface area contributed by atoms with Gasteiger partial charge in [-0.1, -0.05) is 153 Å². The van der Waals surface area contributed by atoms with Gasteiger partial charge in [0.05, 0.1) is 0 Å². The van der Waals surface area contributed by atoms with Crippen LogP contribution in [0.15, 0.2) is 133 Å². The summed E-state index contributed by atoms with van der Waals surface area (Å²) in [6, 6.07) is 47.9. The molecule has 1 atom stereocenters. The predicted molar refractivity (Wildman–Crippen MR) is 164 cm³/mol. The molecule has 5 aromatic carbocycles. The normalized spacial score (nSPS) is 16.1. The van der Waals surface area contributed by atoms with Gasteiger partial charge in [-0.3, -0.25) is 0 Å². The fourth-order valence-corrected chi connectivity index (χ4v) is 7.76. The van der Waals surface area contributed by atoms with Crippen molar-refractivity contribution < 1.29 is 0 Å². The van der Waals surface area contributed by atoms with E-state index in [0.717, 1.165) is 0 Å². The lowest BCUT2D eigenvalue weighted by Gasteiger charge is -2.47. The molecule has 2 aliphatic carbocycles. The summed E-state index contributed by atoms with van der Waals surface area (Å²) in [6.45, 7) is 7.00. The van der Waals surface area contributed by atoms with Gasteiger partial charge in [-0.2, -0.15) is 0 Å². The second-order valence-corrected chi connectivity index (χ2v) is 11.5. The molecule has 1 unspecified atom stereocenters. The minimum Gasteiger partial charge on any atom is -0.0639 e. The summed E-state index contributed by atoms with van der Waals surface area (Å²) >= 11 is 0. The minimum absolute atomic E-state index is 0.164. The van der Waals surface area contributed by atoms with E-state index in [1.54, 1.807) is 0 Å². The summed E-state index contributed by atoms with van der Waals surface area (Å²) < 4.78 is 0. The lowest BCUT2D eigenvalue weighted by Crippen LogP contribution is -2.41. The monoisotopic (exact) mass is 502 g/mol. The Kier molecular flexibility index (Phi) is 5.67. The Morgan fingerprint density at radius 3 is 1.54 bits per heavy atom. The van der Waals surface area contributed by atoms with E-state index in [-0.39, 0.29) is 17.3 Å². The van der Waals surface area contributed by atoms with Crippen LogP contribution in [0.25, 0.3) is 17.2 Å². The summed E-state index contributed by atoms with van der Waals surface area (Å²) in [7, 11) is 0. The van der Waals surface area contributed by atoms with Gasteiger partial charge in [-0.15, -0.1) is 0 Å². The highest BCUT2D eigenvalue weighted by molar-refractivity contribution is 5.82. The van der Waals surface area contributed by atoms with E-state index in [2.05, 4.69) is 154 Å². The SMILES string of the molecule is CC1=Cc2c(C(C)C)cccc2C1C(c1ccccc1)(c1ccccc1)C1c2ccccc2-c2ccccc21. The van der Waals surface area contributed by atoms with E-state index < -0.39 is 0 Å². The Labute approximate surface area is 232 Å². The second-order valence-electron chi connectivity index (χ2n) is 11.5. The van der Waals surface area contributed by atoms with Gasteiger partial charge < -0.3 is 0 Å². The fourth-order valence-electron chi connectivity index (χ4n) is 7.76. The van der Waals surface area contributed by atoms with Gasteiger partial charge in [0.1, 0.15) is 0 Å². The van der Waals surface area contributed by atoms with E-state index >= 15 is 0 Å². The maximum Gasteiger partial charge on any atom is 0.0418 e. The van der Waals surface area contributed by atoms with Crippen molar-refractivity contribution in [2.45, 2.75) is 43.9 Å². The van der Waals surface area contributed by atoms with Gasteiger partial charge in [-0.25, -0.2) is 0 Å². The first-order valence-corrected chi connectivity index (χ1v) is 14.2. The van der Waals surface area contributed by atoms with Crippen LogP contribution in [-0.2, 0) is 5.41 Å². The summed E-state index contributed by atoms with van der Waals surface area (Å²) in [5, 5.41) is 0. The zero-order valence-electron chi connectivity index (χ0n) is 22.9. The average Bonchev–Trinajstić information content (AvgIpc) is 3.50. The van der Waals surface area contributed by atoms with Crippen molar-refractivity contribution in [3.63, 3.8) is 0 Å². The molecule has 0 radical (unpaired) electrons. The van der Waals surface area contributed by atoms with Gasteiger partial charge in [-0.05, 0) is 62.9 Å². The molecule has 0 spiro atoms. The second kappa shape index (κ2) is 9.24. The van der Waals surface area contributed by atoms with Crippen molar-refractivity contribution in [3.8, 4) is 11.1 Å². The average molecular weight is 503 g/mol. The van der Waals surface area contributed by atoms with Crippen LogP contribution in [-0.4, -0.2) is 0 Å². The molecule has 0 aromatic heterocycles. The molecule has 7 rings (SSSR count). The third-order valence-corrected chi connectivity index (χ3v) is 9.18. The number of hydrogen-bond acceptors (Lipinski definition) is 0. The molecular formula is C39H34. The van der Waals surface area contributed by atoms with Crippen molar-refractivity contribution in [2.24, 2.45) is 0 Å². The third-order valence-electron chi connectivity index (χ3n) is 9.18. The maximum atomic E-state index is 2.49. The van der Waals surface area contributed by atoms with Gasteiger partial charge in [0.2, 0.25) is 0 Å². The van der Waals surface area contributed by atoms with E-state index in [1.807, 2.05) is 0 Å². The largest absolute Gasteiger partial charge is 0.0639 e. The highest BCUT2D eigenvalue weighted by Gasteiger charge is 2.54. The summed E-state index contributed by atoms with van der Waals surface area (Å²) in [4.78, 5) is 0. The molecule has 0 N–H and O–H groups in total. The van der Waals surface area contributed by atoms with Crippen LogP contribution >= 0.6 is 0 Å². The first-order valence-electron chi connectivity index (χ1n) is 14.2. The lowest BCUT2D eigenvalue weighted by atomic mass is 9.54. The predicted octanol–water partition coefficient (Wildman–Crippen LogP) is 10.1. The Hall–Kier alpha value is -4.16.